The fourth-order valence-electron chi connectivity index (χ4n) is 1.77. The summed E-state index contributed by atoms with van der Waals surface area (Å²) < 4.78 is 76.0. The van der Waals surface area contributed by atoms with E-state index in [9.17, 15) is 26.3 Å². The summed E-state index contributed by atoms with van der Waals surface area (Å²) in [6.45, 7) is 2.21. The highest BCUT2D eigenvalue weighted by molar-refractivity contribution is 6.31. The first kappa shape index (κ1) is 17.1. The van der Waals surface area contributed by atoms with Gasteiger partial charge in [0.15, 0.2) is 0 Å². The van der Waals surface area contributed by atoms with Gasteiger partial charge in [0.05, 0.1) is 5.56 Å². The van der Waals surface area contributed by atoms with Crippen molar-refractivity contribution in [3.05, 3.63) is 34.3 Å². The first-order valence-corrected chi connectivity index (χ1v) is 5.85. The van der Waals surface area contributed by atoms with E-state index in [1.807, 2.05) is 0 Å². The molecule has 114 valence electrons. The Morgan fingerprint density at radius 2 is 1.55 bits per heavy atom. The third kappa shape index (κ3) is 3.38. The molecule has 0 aliphatic heterocycles. The predicted molar refractivity (Wildman–Crippen MR) is 63.5 cm³/mol. The summed E-state index contributed by atoms with van der Waals surface area (Å²) in [5, 5.41) is -0.192. The number of benzene rings is 1. The van der Waals surface area contributed by atoms with Gasteiger partial charge in [0.1, 0.15) is 6.04 Å². The van der Waals surface area contributed by atoms with Gasteiger partial charge in [0.2, 0.25) is 0 Å². The SMILES string of the molecule is CC(C)(c1cc(C(F)(F)F)ccc1Cl)C(N)C(F)(F)F. The molecule has 0 amide bonds. The lowest BCUT2D eigenvalue weighted by molar-refractivity contribution is -0.160. The number of rotatable bonds is 2. The minimum atomic E-state index is -4.75. The van der Waals surface area contributed by atoms with Gasteiger partial charge >= 0.3 is 12.4 Å². The molecule has 1 atom stereocenters. The summed E-state index contributed by atoms with van der Waals surface area (Å²) in [6.07, 6.45) is -9.42. The van der Waals surface area contributed by atoms with Gasteiger partial charge in [-0.1, -0.05) is 25.4 Å². The lowest BCUT2D eigenvalue weighted by Gasteiger charge is -2.34. The molecule has 0 bridgehead atoms. The van der Waals surface area contributed by atoms with Crippen molar-refractivity contribution in [3.63, 3.8) is 0 Å². The highest BCUT2D eigenvalue weighted by atomic mass is 35.5. The molecule has 0 saturated carbocycles. The van der Waals surface area contributed by atoms with E-state index in [-0.39, 0.29) is 10.6 Å². The third-order valence-electron chi connectivity index (χ3n) is 3.12. The topological polar surface area (TPSA) is 26.0 Å². The standard InChI is InChI=1S/C12H12ClF6N/c1-10(2,9(20)12(17,18)19)7-5-6(11(14,15)16)3-4-8(7)13/h3-5,9H,20H2,1-2H3. The number of hydrogen-bond acceptors (Lipinski definition) is 1. The number of halogens is 7. The molecule has 0 saturated heterocycles. The van der Waals surface area contributed by atoms with Gasteiger partial charge < -0.3 is 5.73 Å². The van der Waals surface area contributed by atoms with Crippen molar-refractivity contribution >= 4 is 11.6 Å². The highest BCUT2D eigenvalue weighted by Crippen LogP contribution is 2.41. The zero-order valence-electron chi connectivity index (χ0n) is 10.5. The van der Waals surface area contributed by atoms with Crippen molar-refractivity contribution in [1.82, 2.24) is 0 Å². The molecule has 0 aliphatic carbocycles. The third-order valence-corrected chi connectivity index (χ3v) is 3.45. The average Bonchev–Trinajstić information content (AvgIpc) is 2.25. The molecule has 0 aliphatic rings. The van der Waals surface area contributed by atoms with Crippen molar-refractivity contribution in [2.75, 3.05) is 0 Å². The molecule has 0 fully saturated rings. The zero-order valence-corrected chi connectivity index (χ0v) is 11.3. The van der Waals surface area contributed by atoms with Crippen LogP contribution in [0.25, 0.3) is 0 Å². The van der Waals surface area contributed by atoms with Crippen molar-refractivity contribution in [2.45, 2.75) is 37.7 Å². The Morgan fingerprint density at radius 1 is 1.05 bits per heavy atom. The second-order valence-electron chi connectivity index (χ2n) is 4.93. The molecule has 1 aromatic carbocycles. The summed E-state index contributed by atoms with van der Waals surface area (Å²) in [6, 6.07) is -0.101. The maximum atomic E-state index is 12.7. The van der Waals surface area contributed by atoms with Crippen LogP contribution in [0.1, 0.15) is 25.0 Å². The van der Waals surface area contributed by atoms with E-state index in [1.54, 1.807) is 0 Å². The summed E-state index contributed by atoms with van der Waals surface area (Å²) in [5.41, 5.74) is 1.97. The molecule has 1 rings (SSSR count). The molecule has 1 aromatic rings. The number of hydrogen-bond donors (Lipinski definition) is 1. The van der Waals surface area contributed by atoms with Gasteiger partial charge in [0, 0.05) is 10.4 Å². The second kappa shape index (κ2) is 5.11. The Hall–Kier alpha value is -0.950. The van der Waals surface area contributed by atoms with E-state index >= 15 is 0 Å². The van der Waals surface area contributed by atoms with Crippen LogP contribution in [-0.4, -0.2) is 12.2 Å². The van der Waals surface area contributed by atoms with E-state index in [0.29, 0.717) is 12.1 Å². The van der Waals surface area contributed by atoms with Gasteiger partial charge in [-0.15, -0.1) is 0 Å². The molecule has 2 N–H and O–H groups in total. The van der Waals surface area contributed by atoms with Crippen molar-refractivity contribution in [1.29, 1.82) is 0 Å². The van der Waals surface area contributed by atoms with E-state index in [0.717, 1.165) is 19.9 Å². The normalized spacial score (nSPS) is 15.3. The summed E-state index contributed by atoms with van der Waals surface area (Å²) >= 11 is 5.73. The van der Waals surface area contributed by atoms with E-state index < -0.39 is 29.4 Å². The maximum Gasteiger partial charge on any atom is 0.416 e. The van der Waals surface area contributed by atoms with Crippen molar-refractivity contribution < 1.29 is 26.3 Å². The molecule has 20 heavy (non-hydrogen) atoms. The average molecular weight is 320 g/mol. The van der Waals surface area contributed by atoms with Gasteiger partial charge in [0.25, 0.3) is 0 Å². The van der Waals surface area contributed by atoms with E-state index in [4.69, 9.17) is 17.3 Å². The Morgan fingerprint density at radius 3 is 1.95 bits per heavy atom. The highest BCUT2D eigenvalue weighted by Gasteiger charge is 2.48. The van der Waals surface area contributed by atoms with Crippen LogP contribution in [0, 0.1) is 0 Å². The van der Waals surface area contributed by atoms with E-state index in [1.165, 1.54) is 0 Å². The minimum Gasteiger partial charge on any atom is -0.319 e. The van der Waals surface area contributed by atoms with E-state index in [2.05, 4.69) is 0 Å². The molecule has 0 spiro atoms. The van der Waals surface area contributed by atoms with Crippen LogP contribution >= 0.6 is 11.6 Å². The first-order chi connectivity index (χ1) is 8.78. The Kier molecular flexibility index (Phi) is 4.37. The molecular formula is C12H12ClF6N. The number of alkyl halides is 6. The quantitative estimate of drug-likeness (QED) is 0.797. The van der Waals surface area contributed by atoms with Crippen LogP contribution in [-0.2, 0) is 11.6 Å². The molecule has 0 heterocycles. The smallest absolute Gasteiger partial charge is 0.319 e. The Bertz CT molecular complexity index is 492. The van der Waals surface area contributed by atoms with Crippen LogP contribution in [0.3, 0.4) is 0 Å². The van der Waals surface area contributed by atoms with Gasteiger partial charge in [-0.25, -0.2) is 0 Å². The van der Waals surface area contributed by atoms with Crippen LogP contribution in [0.5, 0.6) is 0 Å². The zero-order chi connectivity index (χ0) is 15.9. The van der Waals surface area contributed by atoms with Crippen LogP contribution in [0.15, 0.2) is 18.2 Å². The maximum absolute atomic E-state index is 12.7. The van der Waals surface area contributed by atoms with Gasteiger partial charge in [-0.2, -0.15) is 26.3 Å². The van der Waals surface area contributed by atoms with Crippen LogP contribution in [0.2, 0.25) is 5.02 Å². The molecule has 0 aromatic heterocycles. The Labute approximate surface area is 116 Å². The van der Waals surface area contributed by atoms with Gasteiger partial charge in [-0.3, -0.25) is 0 Å². The van der Waals surface area contributed by atoms with Crippen molar-refractivity contribution in [2.24, 2.45) is 5.73 Å². The van der Waals surface area contributed by atoms with Crippen LogP contribution in [0.4, 0.5) is 26.3 Å². The largest absolute Gasteiger partial charge is 0.416 e. The van der Waals surface area contributed by atoms with Crippen LogP contribution < -0.4 is 5.73 Å². The second-order valence-corrected chi connectivity index (χ2v) is 5.34. The summed E-state index contributed by atoms with van der Waals surface area (Å²) in [5.74, 6) is 0. The monoisotopic (exact) mass is 319 g/mol. The molecule has 8 heteroatoms. The molecule has 1 nitrogen and oxygen atoms in total. The van der Waals surface area contributed by atoms with Gasteiger partial charge in [-0.05, 0) is 23.8 Å². The summed E-state index contributed by atoms with van der Waals surface area (Å²) in [7, 11) is 0. The predicted octanol–water partition coefficient (Wildman–Crippen LogP) is 4.53. The molecule has 0 radical (unpaired) electrons. The first-order valence-electron chi connectivity index (χ1n) is 5.47. The Balaban J connectivity index is 3.38. The van der Waals surface area contributed by atoms with Crippen molar-refractivity contribution in [3.8, 4) is 0 Å². The lowest BCUT2D eigenvalue weighted by atomic mass is 9.77. The molecule has 1 unspecified atom stereocenters. The number of nitrogens with two attached hydrogens (primary N) is 1. The minimum absolute atomic E-state index is 0.192. The summed E-state index contributed by atoms with van der Waals surface area (Å²) in [4.78, 5) is 0. The fourth-order valence-corrected chi connectivity index (χ4v) is 2.13. The molecular weight excluding hydrogens is 308 g/mol. The lowest BCUT2D eigenvalue weighted by Crippen LogP contribution is -2.51. The fraction of sp³-hybridized carbons (Fsp3) is 0.500.